The van der Waals surface area contributed by atoms with Gasteiger partial charge in [-0.2, -0.15) is 13.2 Å². The first-order valence-electron chi connectivity index (χ1n) is 15.1. The lowest BCUT2D eigenvalue weighted by Gasteiger charge is -2.37. The number of halogens is 3. The van der Waals surface area contributed by atoms with Gasteiger partial charge in [-0.1, -0.05) is 44.9 Å². The summed E-state index contributed by atoms with van der Waals surface area (Å²) < 4.78 is 37.1. The lowest BCUT2D eigenvalue weighted by Crippen LogP contribution is -2.41. The number of hydrogen-bond donors (Lipinski definition) is 1. The molecule has 1 aromatic carbocycles. The van der Waals surface area contributed by atoms with Gasteiger partial charge < -0.3 is 10.0 Å². The minimum absolute atomic E-state index is 0.0303. The van der Waals surface area contributed by atoms with Crippen molar-refractivity contribution in [1.82, 2.24) is 9.88 Å². The second-order valence-electron chi connectivity index (χ2n) is 12.0. The molecule has 0 bridgehead atoms. The van der Waals surface area contributed by atoms with Crippen LogP contribution in [0.5, 0.6) is 0 Å². The van der Waals surface area contributed by atoms with Crippen LogP contribution in [0.15, 0.2) is 36.5 Å². The summed E-state index contributed by atoms with van der Waals surface area (Å²) >= 11 is 0. The van der Waals surface area contributed by atoms with Gasteiger partial charge in [-0.05, 0) is 106 Å². The van der Waals surface area contributed by atoms with Crippen LogP contribution in [0.3, 0.4) is 0 Å². The second-order valence-corrected chi connectivity index (χ2v) is 12.0. The van der Waals surface area contributed by atoms with Crippen molar-refractivity contribution >= 4 is 11.8 Å². The molecule has 3 atom stereocenters. The molecule has 0 amide bonds. The summed E-state index contributed by atoms with van der Waals surface area (Å²) in [6.45, 7) is 7.67. The highest BCUT2D eigenvalue weighted by atomic mass is 19.4. The lowest BCUT2D eigenvalue weighted by molar-refractivity contribution is -0.138. The molecule has 0 radical (unpaired) electrons. The molecule has 41 heavy (non-hydrogen) atoms. The van der Waals surface area contributed by atoms with Crippen molar-refractivity contribution in [2.24, 2.45) is 11.3 Å². The molecule has 8 heteroatoms. The molecular weight excluding hydrogens is 529 g/mol. The Bertz CT molecular complexity index is 1220. The third-order valence-electron chi connectivity index (χ3n) is 9.75. The highest BCUT2D eigenvalue weighted by Gasteiger charge is 2.54. The molecule has 224 valence electrons. The number of carboxylic acid groups (broad SMARTS) is 1. The molecule has 2 unspecified atom stereocenters. The summed E-state index contributed by atoms with van der Waals surface area (Å²) in [5.74, 6) is 0.513. The van der Waals surface area contributed by atoms with E-state index in [0.717, 1.165) is 69.1 Å². The summed E-state index contributed by atoms with van der Waals surface area (Å²) in [4.78, 5) is 30.3. The third kappa shape index (κ3) is 6.85. The number of rotatable bonds is 7. The van der Waals surface area contributed by atoms with E-state index in [0.29, 0.717) is 41.2 Å². The van der Waals surface area contributed by atoms with Gasteiger partial charge in [-0.3, -0.25) is 9.78 Å². The predicted molar refractivity (Wildman–Crippen MR) is 153 cm³/mol. The van der Waals surface area contributed by atoms with Gasteiger partial charge in [0.15, 0.2) is 0 Å². The van der Waals surface area contributed by atoms with Crippen molar-refractivity contribution in [2.45, 2.75) is 103 Å². The number of fused-ring (bicyclic) bond motifs is 1. The van der Waals surface area contributed by atoms with E-state index in [1.807, 2.05) is 26.0 Å². The quantitative estimate of drug-likeness (QED) is 0.368. The Morgan fingerprint density at radius 3 is 2.41 bits per heavy atom. The highest BCUT2D eigenvalue weighted by Crippen LogP contribution is 2.56. The zero-order valence-corrected chi connectivity index (χ0v) is 24.5. The van der Waals surface area contributed by atoms with Gasteiger partial charge in [0.1, 0.15) is 5.78 Å². The van der Waals surface area contributed by atoms with Gasteiger partial charge in [-0.15, -0.1) is 0 Å². The van der Waals surface area contributed by atoms with Crippen LogP contribution < -0.4 is 0 Å². The number of likely N-dealkylation sites (tertiary alicyclic amines) is 1. The minimum atomic E-state index is -4.29. The fourth-order valence-corrected chi connectivity index (χ4v) is 7.56. The molecule has 2 aromatic rings. The van der Waals surface area contributed by atoms with E-state index < -0.39 is 17.7 Å². The predicted octanol–water partition coefficient (Wildman–Crippen LogP) is 7.72. The zero-order chi connectivity index (χ0) is 29.8. The molecule has 5 rings (SSSR count). The molecule has 0 spiro atoms. The third-order valence-corrected chi connectivity index (χ3v) is 9.75. The number of carbonyl (C=O) groups excluding carboxylic acids is 1. The number of benzene rings is 1. The first kappa shape index (κ1) is 31.2. The molecule has 3 fully saturated rings. The Hall–Kier alpha value is -2.74. The molecular formula is C33H43F3N2O3. The van der Waals surface area contributed by atoms with Crippen molar-refractivity contribution in [2.75, 3.05) is 13.1 Å². The maximum absolute atomic E-state index is 12.4. The van der Waals surface area contributed by atoms with Crippen molar-refractivity contribution < 1.29 is 27.9 Å². The second kappa shape index (κ2) is 13.1. The monoisotopic (exact) mass is 572 g/mol. The smallest absolute Gasteiger partial charge is 0.417 e. The SMILES string of the molecule is CC(=O)C12CCCC1C[C@H](N1CCC(c3ccccc3C(=O)O)CC1)C2.CCCc1ncc(C(F)(F)F)cc1CC. The van der Waals surface area contributed by atoms with Crippen LogP contribution in [0, 0.1) is 11.3 Å². The normalized spacial score (nSPS) is 24.9. The molecule has 5 nitrogen and oxygen atoms in total. The van der Waals surface area contributed by atoms with Crippen molar-refractivity contribution in [3.8, 4) is 0 Å². The van der Waals surface area contributed by atoms with E-state index in [4.69, 9.17) is 0 Å². The summed E-state index contributed by atoms with van der Waals surface area (Å²) in [6.07, 6.45) is 6.62. The number of alkyl halides is 3. The van der Waals surface area contributed by atoms with Crippen LogP contribution in [0.25, 0.3) is 0 Å². The van der Waals surface area contributed by atoms with Gasteiger partial charge in [0.2, 0.25) is 0 Å². The lowest BCUT2D eigenvalue weighted by atomic mass is 9.77. The van der Waals surface area contributed by atoms with Crippen LogP contribution in [0.2, 0.25) is 0 Å². The number of pyridine rings is 1. The van der Waals surface area contributed by atoms with Gasteiger partial charge in [0.25, 0.3) is 0 Å². The van der Waals surface area contributed by atoms with Crippen molar-refractivity contribution in [3.63, 3.8) is 0 Å². The zero-order valence-electron chi connectivity index (χ0n) is 24.5. The maximum atomic E-state index is 12.4. The van der Waals surface area contributed by atoms with E-state index in [2.05, 4.69) is 9.88 Å². The van der Waals surface area contributed by atoms with E-state index >= 15 is 0 Å². The van der Waals surface area contributed by atoms with Crippen LogP contribution >= 0.6 is 0 Å². The van der Waals surface area contributed by atoms with Crippen LogP contribution in [0.1, 0.15) is 111 Å². The number of aromatic carboxylic acids is 1. The maximum Gasteiger partial charge on any atom is 0.417 e. The summed E-state index contributed by atoms with van der Waals surface area (Å²) in [6, 6.07) is 9.20. The van der Waals surface area contributed by atoms with Gasteiger partial charge >= 0.3 is 12.1 Å². The molecule has 3 aliphatic rings. The topological polar surface area (TPSA) is 70.5 Å². The fourth-order valence-electron chi connectivity index (χ4n) is 7.56. The molecule has 1 saturated heterocycles. The molecule has 2 heterocycles. The minimum Gasteiger partial charge on any atom is -0.478 e. The summed E-state index contributed by atoms with van der Waals surface area (Å²) in [7, 11) is 0. The summed E-state index contributed by atoms with van der Waals surface area (Å²) in [5, 5.41) is 9.45. The molecule has 2 aliphatic carbocycles. The Balaban J connectivity index is 0.000000221. The molecule has 1 aliphatic heterocycles. The van der Waals surface area contributed by atoms with E-state index in [9.17, 15) is 27.9 Å². The van der Waals surface area contributed by atoms with Gasteiger partial charge in [0, 0.05) is 23.3 Å². The fraction of sp³-hybridized carbons (Fsp3) is 0.606. The number of aromatic nitrogens is 1. The largest absolute Gasteiger partial charge is 0.478 e. The first-order valence-corrected chi connectivity index (χ1v) is 15.1. The van der Waals surface area contributed by atoms with Crippen LogP contribution in [-0.2, 0) is 23.8 Å². The Morgan fingerprint density at radius 2 is 1.83 bits per heavy atom. The van der Waals surface area contributed by atoms with Crippen molar-refractivity contribution in [3.05, 3.63) is 64.5 Å². The van der Waals surface area contributed by atoms with Gasteiger partial charge in [-0.25, -0.2) is 4.79 Å². The Kier molecular flexibility index (Phi) is 9.93. The van der Waals surface area contributed by atoms with Gasteiger partial charge in [0.05, 0.1) is 11.1 Å². The number of hydrogen-bond acceptors (Lipinski definition) is 4. The standard InChI is InChI=1S/C22H29NO3.C11H14F3N/c1-15(24)22-10-4-5-17(22)13-18(14-22)23-11-8-16(9-12-23)19-6-2-3-7-20(19)21(25)26;1-3-5-10-8(4-2)6-9(7-15-10)11(12,13)14/h2-3,6-7,16-18H,4-5,8-14H2,1H3,(H,25,26);6-7H,3-5H2,1-2H3/t17?,18-,22?;/m0./s1. The molecule has 2 saturated carbocycles. The number of ketones is 1. The molecule has 1 aromatic heterocycles. The Morgan fingerprint density at radius 1 is 1.12 bits per heavy atom. The van der Waals surface area contributed by atoms with Crippen LogP contribution in [-0.4, -0.2) is 45.9 Å². The number of aryl methyl sites for hydroxylation is 2. The van der Waals surface area contributed by atoms with E-state index in [1.54, 1.807) is 19.1 Å². The average molecular weight is 573 g/mol. The first-order chi connectivity index (χ1) is 19.5. The van der Waals surface area contributed by atoms with E-state index in [-0.39, 0.29) is 5.41 Å². The summed E-state index contributed by atoms with van der Waals surface area (Å²) in [5.41, 5.74) is 2.25. The van der Waals surface area contributed by atoms with Crippen molar-refractivity contribution in [1.29, 1.82) is 0 Å². The molecule has 1 N–H and O–H groups in total. The number of carbonyl (C=O) groups is 2. The van der Waals surface area contributed by atoms with E-state index in [1.165, 1.54) is 25.3 Å². The number of piperidine rings is 1. The Labute approximate surface area is 241 Å². The average Bonchev–Trinajstić information content (AvgIpc) is 3.53. The highest BCUT2D eigenvalue weighted by molar-refractivity contribution is 5.89. The number of carboxylic acids is 1. The van der Waals surface area contributed by atoms with Crippen LogP contribution in [0.4, 0.5) is 13.2 Å². The number of nitrogens with zero attached hydrogens (tertiary/aromatic N) is 2. The number of Topliss-reactive ketones (excluding diaryl/α,β-unsaturated/α-hetero) is 1.